The van der Waals surface area contributed by atoms with Crippen LogP contribution in [-0.2, 0) is 4.74 Å². The van der Waals surface area contributed by atoms with E-state index in [1.165, 1.54) is 11.1 Å². The van der Waals surface area contributed by atoms with Gasteiger partial charge in [0.1, 0.15) is 0 Å². The lowest BCUT2D eigenvalue weighted by atomic mass is 9.91. The van der Waals surface area contributed by atoms with Gasteiger partial charge in [0.2, 0.25) is 0 Å². The summed E-state index contributed by atoms with van der Waals surface area (Å²) in [5.74, 6) is 0. The van der Waals surface area contributed by atoms with Gasteiger partial charge in [0.05, 0.1) is 0 Å². The first-order valence-corrected chi connectivity index (χ1v) is 7.51. The molecule has 0 aliphatic carbocycles. The lowest BCUT2D eigenvalue weighted by Gasteiger charge is -2.33. The van der Waals surface area contributed by atoms with E-state index in [9.17, 15) is 0 Å². The summed E-state index contributed by atoms with van der Waals surface area (Å²) in [5, 5.41) is 3.45. The number of rotatable bonds is 4. The minimum Gasteiger partial charge on any atom is -0.383 e. The maximum absolute atomic E-state index is 6.39. The van der Waals surface area contributed by atoms with Crippen molar-refractivity contribution in [2.24, 2.45) is 5.73 Å². The van der Waals surface area contributed by atoms with Gasteiger partial charge in [-0.1, -0.05) is 42.5 Å². The minimum absolute atomic E-state index is 0.143. The number of benzene rings is 2. The van der Waals surface area contributed by atoms with Crippen LogP contribution in [0.3, 0.4) is 0 Å². The zero-order valence-electron chi connectivity index (χ0n) is 12.2. The molecule has 1 aliphatic rings. The van der Waals surface area contributed by atoms with Gasteiger partial charge < -0.3 is 15.8 Å². The zero-order chi connectivity index (χ0) is 14.5. The molecule has 3 rings (SSSR count). The molecule has 0 aromatic heterocycles. The summed E-state index contributed by atoms with van der Waals surface area (Å²) >= 11 is 0. The Morgan fingerprint density at radius 2 is 1.52 bits per heavy atom. The van der Waals surface area contributed by atoms with Crippen LogP contribution in [0.1, 0.15) is 12.8 Å². The van der Waals surface area contributed by atoms with Gasteiger partial charge in [0, 0.05) is 31.0 Å². The molecule has 0 saturated carbocycles. The molecule has 0 atom stereocenters. The summed E-state index contributed by atoms with van der Waals surface area (Å²) in [5.41, 5.74) is 9.83. The van der Waals surface area contributed by atoms with Crippen molar-refractivity contribution in [3.8, 4) is 11.1 Å². The zero-order valence-corrected chi connectivity index (χ0v) is 12.2. The monoisotopic (exact) mass is 282 g/mol. The molecular formula is C18H22N2O. The highest BCUT2D eigenvalue weighted by atomic mass is 16.5. The van der Waals surface area contributed by atoms with Crippen molar-refractivity contribution in [2.75, 3.05) is 25.1 Å². The van der Waals surface area contributed by atoms with E-state index in [-0.39, 0.29) is 5.54 Å². The highest BCUT2D eigenvalue weighted by Gasteiger charge is 2.27. The third-order valence-corrected chi connectivity index (χ3v) is 4.13. The van der Waals surface area contributed by atoms with E-state index in [1.807, 2.05) is 6.07 Å². The van der Waals surface area contributed by atoms with Gasteiger partial charge in [-0.05, 0) is 36.1 Å². The van der Waals surface area contributed by atoms with E-state index in [2.05, 4.69) is 53.8 Å². The topological polar surface area (TPSA) is 47.3 Å². The first-order valence-electron chi connectivity index (χ1n) is 7.51. The van der Waals surface area contributed by atoms with Crippen LogP contribution in [-0.4, -0.2) is 25.3 Å². The van der Waals surface area contributed by atoms with E-state index < -0.39 is 0 Å². The van der Waals surface area contributed by atoms with Gasteiger partial charge in [0.15, 0.2) is 0 Å². The average molecular weight is 282 g/mol. The molecule has 1 aliphatic heterocycles. The van der Waals surface area contributed by atoms with Gasteiger partial charge in [-0.15, -0.1) is 0 Å². The Kier molecular flexibility index (Phi) is 4.23. The first kappa shape index (κ1) is 14.1. The van der Waals surface area contributed by atoms with Crippen molar-refractivity contribution < 1.29 is 4.74 Å². The predicted molar refractivity (Wildman–Crippen MR) is 87.3 cm³/mol. The molecule has 3 heteroatoms. The van der Waals surface area contributed by atoms with E-state index in [0.717, 1.165) is 38.3 Å². The van der Waals surface area contributed by atoms with E-state index in [1.54, 1.807) is 0 Å². The lowest BCUT2D eigenvalue weighted by Crippen LogP contribution is -2.50. The van der Waals surface area contributed by atoms with E-state index in [0.29, 0.717) is 0 Å². The highest BCUT2D eigenvalue weighted by Crippen LogP contribution is 2.22. The SMILES string of the molecule is NC1(CNc2ccc(-c3ccccc3)cc2)CCOCC1. The molecule has 21 heavy (non-hydrogen) atoms. The molecule has 1 heterocycles. The Bertz CT molecular complexity index is 560. The van der Waals surface area contributed by atoms with Gasteiger partial charge in [-0.3, -0.25) is 0 Å². The summed E-state index contributed by atoms with van der Waals surface area (Å²) in [4.78, 5) is 0. The van der Waals surface area contributed by atoms with Crippen LogP contribution in [0.25, 0.3) is 11.1 Å². The average Bonchev–Trinajstić information content (AvgIpc) is 2.55. The summed E-state index contributed by atoms with van der Waals surface area (Å²) in [6, 6.07) is 18.9. The number of nitrogens with two attached hydrogens (primary N) is 1. The third kappa shape index (κ3) is 3.63. The summed E-state index contributed by atoms with van der Waals surface area (Å²) < 4.78 is 5.37. The molecule has 3 nitrogen and oxygen atoms in total. The molecule has 110 valence electrons. The van der Waals surface area contributed by atoms with Crippen molar-refractivity contribution in [2.45, 2.75) is 18.4 Å². The molecule has 0 amide bonds. The molecule has 0 unspecified atom stereocenters. The molecule has 1 saturated heterocycles. The molecular weight excluding hydrogens is 260 g/mol. The second-order valence-electron chi connectivity index (χ2n) is 5.77. The predicted octanol–water partition coefficient (Wildman–Crippen LogP) is 3.27. The largest absolute Gasteiger partial charge is 0.383 e. The van der Waals surface area contributed by atoms with Gasteiger partial charge in [0.25, 0.3) is 0 Å². The molecule has 2 aromatic carbocycles. The van der Waals surface area contributed by atoms with Gasteiger partial charge in [-0.25, -0.2) is 0 Å². The van der Waals surface area contributed by atoms with Crippen LogP contribution in [0, 0.1) is 0 Å². The second kappa shape index (κ2) is 6.29. The first-order chi connectivity index (χ1) is 10.3. The fraction of sp³-hybridized carbons (Fsp3) is 0.333. The normalized spacial score (nSPS) is 17.4. The van der Waals surface area contributed by atoms with Crippen LogP contribution in [0.5, 0.6) is 0 Å². The molecule has 0 radical (unpaired) electrons. The fourth-order valence-electron chi connectivity index (χ4n) is 2.64. The van der Waals surface area contributed by atoms with Crippen molar-refractivity contribution in [3.05, 3.63) is 54.6 Å². The number of hydrogen-bond acceptors (Lipinski definition) is 3. The summed E-state index contributed by atoms with van der Waals surface area (Å²) in [6.45, 7) is 2.33. The van der Waals surface area contributed by atoms with Gasteiger partial charge >= 0.3 is 0 Å². The van der Waals surface area contributed by atoms with Crippen LogP contribution in [0.2, 0.25) is 0 Å². The van der Waals surface area contributed by atoms with Crippen LogP contribution in [0.15, 0.2) is 54.6 Å². The molecule has 0 spiro atoms. The minimum atomic E-state index is -0.143. The van der Waals surface area contributed by atoms with Crippen LogP contribution < -0.4 is 11.1 Å². The highest BCUT2D eigenvalue weighted by molar-refractivity contribution is 5.65. The van der Waals surface area contributed by atoms with E-state index >= 15 is 0 Å². The van der Waals surface area contributed by atoms with Crippen LogP contribution >= 0.6 is 0 Å². The van der Waals surface area contributed by atoms with Crippen molar-refractivity contribution in [1.82, 2.24) is 0 Å². The van der Waals surface area contributed by atoms with Crippen molar-refractivity contribution in [3.63, 3.8) is 0 Å². The maximum Gasteiger partial charge on any atom is 0.0484 e. The Hall–Kier alpha value is -1.84. The van der Waals surface area contributed by atoms with Crippen molar-refractivity contribution >= 4 is 5.69 Å². The van der Waals surface area contributed by atoms with Crippen LogP contribution in [0.4, 0.5) is 5.69 Å². The fourth-order valence-corrected chi connectivity index (χ4v) is 2.64. The van der Waals surface area contributed by atoms with Crippen molar-refractivity contribution in [1.29, 1.82) is 0 Å². The summed E-state index contributed by atoms with van der Waals surface area (Å²) in [7, 11) is 0. The van der Waals surface area contributed by atoms with E-state index in [4.69, 9.17) is 10.5 Å². The van der Waals surface area contributed by atoms with Gasteiger partial charge in [-0.2, -0.15) is 0 Å². The number of nitrogens with one attached hydrogen (secondary N) is 1. The standard InChI is InChI=1S/C18H22N2O/c19-18(10-12-21-13-11-18)14-20-17-8-6-16(7-9-17)15-4-2-1-3-5-15/h1-9,20H,10-14,19H2. The quantitative estimate of drug-likeness (QED) is 0.904. The number of hydrogen-bond donors (Lipinski definition) is 2. The smallest absolute Gasteiger partial charge is 0.0484 e. The number of ether oxygens (including phenoxy) is 1. The Morgan fingerprint density at radius 1 is 0.905 bits per heavy atom. The molecule has 3 N–H and O–H groups in total. The maximum atomic E-state index is 6.39. The Morgan fingerprint density at radius 3 is 2.19 bits per heavy atom. The molecule has 0 bridgehead atoms. The second-order valence-corrected chi connectivity index (χ2v) is 5.77. The molecule has 1 fully saturated rings. The Balaban J connectivity index is 1.62. The summed E-state index contributed by atoms with van der Waals surface area (Å²) in [6.07, 6.45) is 1.84. The third-order valence-electron chi connectivity index (χ3n) is 4.13. The Labute approximate surface area is 126 Å². The number of anilines is 1. The lowest BCUT2D eigenvalue weighted by molar-refractivity contribution is 0.0575. The molecule has 2 aromatic rings.